The number of nitriles is 1. The van der Waals surface area contributed by atoms with Crippen LogP contribution in [0, 0.1) is 11.3 Å². The van der Waals surface area contributed by atoms with Crippen LogP contribution in [-0.2, 0) is 10.0 Å². The van der Waals surface area contributed by atoms with E-state index in [-0.39, 0.29) is 10.5 Å². The van der Waals surface area contributed by atoms with Crippen molar-refractivity contribution in [1.29, 1.82) is 5.26 Å². The molecule has 0 radical (unpaired) electrons. The summed E-state index contributed by atoms with van der Waals surface area (Å²) in [7, 11) is -3.86. The van der Waals surface area contributed by atoms with E-state index in [0.29, 0.717) is 11.5 Å². The Morgan fingerprint density at radius 1 is 1.00 bits per heavy atom. The molecule has 0 bridgehead atoms. The summed E-state index contributed by atoms with van der Waals surface area (Å²) in [5, 5.41) is 20.5. The zero-order valence-corrected chi connectivity index (χ0v) is 16.9. The Balaban J connectivity index is 1.47. The summed E-state index contributed by atoms with van der Waals surface area (Å²) in [5.74, 6) is 0.621. The highest BCUT2D eigenvalue weighted by molar-refractivity contribution is 7.92. The number of rotatable bonds is 6. The van der Waals surface area contributed by atoms with Gasteiger partial charge in [0.05, 0.1) is 17.4 Å². The van der Waals surface area contributed by atoms with Gasteiger partial charge in [-0.25, -0.2) is 8.42 Å². The van der Waals surface area contributed by atoms with Gasteiger partial charge >= 0.3 is 0 Å². The van der Waals surface area contributed by atoms with Crippen LogP contribution in [0.25, 0.3) is 0 Å². The molecule has 1 aromatic heterocycles. The van der Waals surface area contributed by atoms with E-state index in [1.54, 1.807) is 42.6 Å². The van der Waals surface area contributed by atoms with Gasteiger partial charge in [-0.2, -0.15) is 10.4 Å². The van der Waals surface area contributed by atoms with Crippen molar-refractivity contribution in [2.45, 2.75) is 17.7 Å². The molecule has 1 aliphatic rings. The van der Waals surface area contributed by atoms with Crippen molar-refractivity contribution in [3.8, 4) is 6.07 Å². The standard InChI is InChI=1S/C21H20N6O2S/c22-14-16-5-1-2-6-20(16)30(28,29)26-18-9-7-17(8-10-18)24-21-13-19(15-23-25-21)27-11-3-4-12-27/h1-2,5-10,13,15,26H,3-4,11-12H2,(H,24,25). The molecule has 2 N–H and O–H groups in total. The van der Waals surface area contributed by atoms with E-state index in [1.165, 1.54) is 25.0 Å². The molecule has 0 spiro atoms. The minimum Gasteiger partial charge on any atom is -0.370 e. The quantitative estimate of drug-likeness (QED) is 0.628. The lowest BCUT2D eigenvalue weighted by Crippen LogP contribution is -2.18. The molecule has 0 saturated carbocycles. The monoisotopic (exact) mass is 420 g/mol. The third kappa shape index (κ3) is 4.34. The zero-order valence-electron chi connectivity index (χ0n) is 16.1. The molecule has 1 aliphatic heterocycles. The van der Waals surface area contributed by atoms with Crippen LogP contribution in [0.2, 0.25) is 0 Å². The van der Waals surface area contributed by atoms with Gasteiger partial charge in [0.1, 0.15) is 11.0 Å². The van der Waals surface area contributed by atoms with Crippen LogP contribution in [0.15, 0.2) is 65.7 Å². The van der Waals surface area contributed by atoms with Gasteiger partial charge in [0.25, 0.3) is 10.0 Å². The van der Waals surface area contributed by atoms with Crippen LogP contribution in [0.1, 0.15) is 18.4 Å². The van der Waals surface area contributed by atoms with Crippen molar-refractivity contribution in [1.82, 2.24) is 10.2 Å². The molecule has 9 heteroatoms. The molecule has 30 heavy (non-hydrogen) atoms. The average Bonchev–Trinajstić information content (AvgIpc) is 3.30. The van der Waals surface area contributed by atoms with Crippen molar-refractivity contribution >= 4 is 32.9 Å². The van der Waals surface area contributed by atoms with E-state index in [9.17, 15) is 8.42 Å². The predicted molar refractivity (Wildman–Crippen MR) is 115 cm³/mol. The SMILES string of the molecule is N#Cc1ccccc1S(=O)(=O)Nc1ccc(Nc2cc(N3CCCC3)cnn2)cc1. The number of sulfonamides is 1. The second-order valence-electron chi connectivity index (χ2n) is 6.91. The third-order valence-electron chi connectivity index (χ3n) is 4.82. The van der Waals surface area contributed by atoms with Gasteiger partial charge in [-0.05, 0) is 49.2 Å². The molecule has 2 aromatic carbocycles. The van der Waals surface area contributed by atoms with Crippen molar-refractivity contribution in [2.75, 3.05) is 28.0 Å². The summed E-state index contributed by atoms with van der Waals surface area (Å²) < 4.78 is 27.7. The summed E-state index contributed by atoms with van der Waals surface area (Å²) in [5.41, 5.74) is 2.28. The van der Waals surface area contributed by atoms with Gasteiger partial charge in [-0.15, -0.1) is 5.10 Å². The topological polar surface area (TPSA) is 111 Å². The molecule has 8 nitrogen and oxygen atoms in total. The first-order valence-electron chi connectivity index (χ1n) is 9.52. The maximum atomic E-state index is 12.6. The first kappa shape index (κ1) is 19.7. The fourth-order valence-corrected chi connectivity index (χ4v) is 4.56. The Labute approximate surface area is 175 Å². The van der Waals surface area contributed by atoms with Gasteiger partial charge in [-0.1, -0.05) is 12.1 Å². The van der Waals surface area contributed by atoms with Gasteiger partial charge in [0, 0.05) is 30.5 Å². The number of aromatic nitrogens is 2. The number of hydrogen-bond donors (Lipinski definition) is 2. The molecule has 1 saturated heterocycles. The van der Waals surface area contributed by atoms with Crippen molar-refractivity contribution in [2.24, 2.45) is 0 Å². The summed E-state index contributed by atoms with van der Waals surface area (Å²) >= 11 is 0. The second-order valence-corrected chi connectivity index (χ2v) is 8.56. The minimum atomic E-state index is -3.86. The van der Waals surface area contributed by atoms with Gasteiger partial charge in [0.15, 0.2) is 5.82 Å². The van der Waals surface area contributed by atoms with E-state index in [0.717, 1.165) is 24.5 Å². The van der Waals surface area contributed by atoms with E-state index >= 15 is 0 Å². The molecule has 152 valence electrons. The molecule has 4 rings (SSSR count). The largest absolute Gasteiger partial charge is 0.370 e. The van der Waals surface area contributed by atoms with Crippen LogP contribution < -0.4 is 14.9 Å². The maximum Gasteiger partial charge on any atom is 0.263 e. The summed E-state index contributed by atoms with van der Waals surface area (Å²) in [4.78, 5) is 2.22. The Morgan fingerprint density at radius 2 is 1.70 bits per heavy atom. The zero-order chi connectivity index (χ0) is 21.0. The Bertz CT molecular complexity index is 1180. The molecule has 0 atom stereocenters. The van der Waals surface area contributed by atoms with Crippen molar-refractivity contribution < 1.29 is 8.42 Å². The lowest BCUT2D eigenvalue weighted by Gasteiger charge is -2.17. The van der Waals surface area contributed by atoms with Crippen LogP contribution in [0.3, 0.4) is 0 Å². The van der Waals surface area contributed by atoms with E-state index in [1.807, 2.05) is 12.1 Å². The highest BCUT2D eigenvalue weighted by Gasteiger charge is 2.18. The predicted octanol–water partition coefficient (Wildman–Crippen LogP) is 3.49. The molecule has 0 amide bonds. The second kappa shape index (κ2) is 8.39. The molecule has 1 fully saturated rings. The molecular formula is C21H20N6O2S. The fraction of sp³-hybridized carbons (Fsp3) is 0.190. The van der Waals surface area contributed by atoms with Gasteiger partial charge < -0.3 is 10.2 Å². The lowest BCUT2D eigenvalue weighted by molar-refractivity contribution is 0.601. The fourth-order valence-electron chi connectivity index (χ4n) is 3.34. The number of nitrogens with zero attached hydrogens (tertiary/aromatic N) is 4. The van der Waals surface area contributed by atoms with E-state index in [2.05, 4.69) is 25.1 Å². The highest BCUT2D eigenvalue weighted by Crippen LogP contribution is 2.24. The number of nitrogens with one attached hydrogen (secondary N) is 2. The number of anilines is 4. The number of benzene rings is 2. The van der Waals surface area contributed by atoms with Crippen molar-refractivity contribution in [3.05, 3.63) is 66.4 Å². The number of hydrogen-bond acceptors (Lipinski definition) is 7. The third-order valence-corrected chi connectivity index (χ3v) is 6.26. The van der Waals surface area contributed by atoms with Gasteiger partial charge in [0.2, 0.25) is 0 Å². The molecule has 0 unspecified atom stereocenters. The lowest BCUT2D eigenvalue weighted by atomic mass is 10.2. The molecule has 2 heterocycles. The van der Waals surface area contributed by atoms with E-state index < -0.39 is 10.0 Å². The van der Waals surface area contributed by atoms with Gasteiger partial charge in [-0.3, -0.25) is 4.72 Å². The van der Waals surface area contributed by atoms with Crippen molar-refractivity contribution in [3.63, 3.8) is 0 Å². The Morgan fingerprint density at radius 3 is 2.43 bits per heavy atom. The smallest absolute Gasteiger partial charge is 0.263 e. The van der Waals surface area contributed by atoms with Crippen LogP contribution >= 0.6 is 0 Å². The molecule has 3 aromatic rings. The normalized spacial score (nSPS) is 13.6. The molecular weight excluding hydrogens is 400 g/mol. The average molecular weight is 420 g/mol. The van der Waals surface area contributed by atoms with Crippen LogP contribution in [-0.4, -0.2) is 31.7 Å². The molecule has 0 aliphatic carbocycles. The van der Waals surface area contributed by atoms with Crippen LogP contribution in [0.5, 0.6) is 0 Å². The summed E-state index contributed by atoms with van der Waals surface area (Å²) in [6.07, 6.45) is 4.12. The summed E-state index contributed by atoms with van der Waals surface area (Å²) in [6.45, 7) is 2.05. The Hall–Kier alpha value is -3.64. The first-order valence-corrected chi connectivity index (χ1v) is 11.0. The van der Waals surface area contributed by atoms with Crippen LogP contribution in [0.4, 0.5) is 22.9 Å². The summed E-state index contributed by atoms with van der Waals surface area (Å²) in [6, 6.07) is 16.7. The first-order chi connectivity index (χ1) is 14.5. The van der Waals surface area contributed by atoms with E-state index in [4.69, 9.17) is 5.26 Å². The maximum absolute atomic E-state index is 12.6. The minimum absolute atomic E-state index is 0.0521. The highest BCUT2D eigenvalue weighted by atomic mass is 32.2. The Kier molecular flexibility index (Phi) is 5.50.